The highest BCUT2D eigenvalue weighted by Crippen LogP contribution is 1.99. The summed E-state index contributed by atoms with van der Waals surface area (Å²) in [6.45, 7) is 0.911. The molecule has 0 radical (unpaired) electrons. The summed E-state index contributed by atoms with van der Waals surface area (Å²) in [4.78, 5) is 7.52. The molecule has 0 spiro atoms. The van der Waals surface area contributed by atoms with Crippen molar-refractivity contribution in [3.8, 4) is 0 Å². The van der Waals surface area contributed by atoms with Crippen LogP contribution in [0.4, 0.5) is 5.95 Å². The molecule has 0 atom stereocenters. The zero-order chi connectivity index (χ0) is 12.6. The minimum absolute atomic E-state index is 0.0596. The molecular weight excluding hydrogens is 246 g/mol. The lowest BCUT2D eigenvalue weighted by molar-refractivity contribution is 0.0785. The summed E-state index contributed by atoms with van der Waals surface area (Å²) in [5.74, 6) is -0.0843. The zero-order valence-electron chi connectivity index (χ0n) is 9.50. The number of ether oxygens (including phenoxy) is 2. The Hall–Kier alpha value is -1.25. The number of anilines is 1. The van der Waals surface area contributed by atoms with Gasteiger partial charge in [0.2, 0.25) is 16.0 Å². The average Bonchev–Trinajstić information content (AvgIpc) is 2.29. The van der Waals surface area contributed by atoms with Gasteiger partial charge in [0, 0.05) is 19.5 Å². The lowest BCUT2D eigenvalue weighted by Crippen LogP contribution is -2.22. The molecule has 0 aromatic carbocycles. The van der Waals surface area contributed by atoms with E-state index in [2.05, 4.69) is 14.7 Å². The third-order valence-corrected chi connectivity index (χ3v) is 2.94. The van der Waals surface area contributed by atoms with Crippen molar-refractivity contribution in [1.29, 1.82) is 0 Å². The van der Waals surface area contributed by atoms with E-state index < -0.39 is 10.0 Å². The number of methoxy groups -OCH3 is 1. The topological polar surface area (TPSA) is 90.4 Å². The fourth-order valence-corrected chi connectivity index (χ4v) is 1.78. The summed E-state index contributed by atoms with van der Waals surface area (Å²) in [7, 11) is -1.91. The molecule has 96 valence electrons. The Morgan fingerprint density at radius 3 is 2.59 bits per heavy atom. The van der Waals surface area contributed by atoms with E-state index in [-0.39, 0.29) is 18.3 Å². The molecule has 0 aliphatic carbocycles. The van der Waals surface area contributed by atoms with Crippen LogP contribution in [-0.2, 0) is 19.5 Å². The lowest BCUT2D eigenvalue weighted by atomic mass is 10.7. The van der Waals surface area contributed by atoms with E-state index >= 15 is 0 Å². The summed E-state index contributed by atoms with van der Waals surface area (Å²) in [6.07, 6.45) is 2.92. The van der Waals surface area contributed by atoms with Crippen LogP contribution in [0, 0.1) is 0 Å². The number of aromatic nitrogens is 2. The fourth-order valence-electron chi connectivity index (χ4n) is 0.955. The monoisotopic (exact) mass is 261 g/mol. The molecule has 1 rings (SSSR count). The van der Waals surface area contributed by atoms with E-state index in [1.807, 2.05) is 0 Å². The minimum atomic E-state index is -3.46. The van der Waals surface area contributed by atoms with Crippen molar-refractivity contribution in [1.82, 2.24) is 9.97 Å². The largest absolute Gasteiger partial charge is 0.382 e. The molecule has 17 heavy (non-hydrogen) atoms. The van der Waals surface area contributed by atoms with Gasteiger partial charge >= 0.3 is 0 Å². The number of hydrogen-bond donors (Lipinski definition) is 1. The van der Waals surface area contributed by atoms with E-state index in [1.54, 1.807) is 13.2 Å². The van der Waals surface area contributed by atoms with Gasteiger partial charge in [0.1, 0.15) is 0 Å². The van der Waals surface area contributed by atoms with Gasteiger partial charge in [0.05, 0.1) is 25.6 Å². The maximum absolute atomic E-state index is 11.5. The Morgan fingerprint density at radius 2 is 1.94 bits per heavy atom. The molecule has 0 saturated carbocycles. The Bertz CT molecular complexity index is 410. The number of nitrogens with one attached hydrogen (secondary N) is 1. The third-order valence-electron chi connectivity index (χ3n) is 1.74. The first-order valence-corrected chi connectivity index (χ1v) is 6.63. The Labute approximate surface area is 100 Å². The second-order valence-corrected chi connectivity index (χ2v) is 4.94. The Morgan fingerprint density at radius 1 is 1.24 bits per heavy atom. The Balaban J connectivity index is 2.32. The maximum atomic E-state index is 11.5. The molecule has 0 bridgehead atoms. The number of sulfonamides is 1. The molecule has 0 aliphatic rings. The summed E-state index contributed by atoms with van der Waals surface area (Å²) in [5.41, 5.74) is 0. The number of rotatable bonds is 8. The third kappa shape index (κ3) is 6.15. The number of nitrogens with zero attached hydrogens (tertiary/aromatic N) is 2. The molecule has 1 heterocycles. The molecule has 8 heteroatoms. The summed E-state index contributed by atoms with van der Waals surface area (Å²) < 4.78 is 35.1. The predicted octanol–water partition coefficient (Wildman–Crippen LogP) is -0.119. The molecule has 0 unspecified atom stereocenters. The molecule has 0 amide bonds. The van der Waals surface area contributed by atoms with Crippen molar-refractivity contribution in [2.45, 2.75) is 0 Å². The van der Waals surface area contributed by atoms with Gasteiger partial charge in [-0.25, -0.2) is 18.4 Å². The van der Waals surface area contributed by atoms with E-state index in [0.29, 0.717) is 13.2 Å². The van der Waals surface area contributed by atoms with Crippen LogP contribution in [0.5, 0.6) is 0 Å². The van der Waals surface area contributed by atoms with Gasteiger partial charge in [-0.05, 0) is 6.07 Å². The van der Waals surface area contributed by atoms with E-state index in [0.717, 1.165) is 0 Å². The SMILES string of the molecule is COCCOCCS(=O)(=O)Nc1ncccn1. The van der Waals surface area contributed by atoms with Gasteiger partial charge in [0.25, 0.3) is 0 Å². The normalized spacial score (nSPS) is 11.4. The molecule has 1 N–H and O–H groups in total. The zero-order valence-corrected chi connectivity index (χ0v) is 10.3. The maximum Gasteiger partial charge on any atom is 0.237 e. The highest BCUT2D eigenvalue weighted by molar-refractivity contribution is 7.92. The molecule has 1 aromatic rings. The van der Waals surface area contributed by atoms with E-state index in [4.69, 9.17) is 9.47 Å². The van der Waals surface area contributed by atoms with Crippen molar-refractivity contribution in [3.05, 3.63) is 18.5 Å². The van der Waals surface area contributed by atoms with Gasteiger partial charge in [-0.15, -0.1) is 0 Å². The first-order chi connectivity index (χ1) is 8.14. The average molecular weight is 261 g/mol. The van der Waals surface area contributed by atoms with Crippen LogP contribution in [0.15, 0.2) is 18.5 Å². The van der Waals surface area contributed by atoms with Crippen molar-refractivity contribution in [2.24, 2.45) is 0 Å². The van der Waals surface area contributed by atoms with Crippen LogP contribution in [-0.4, -0.2) is 51.1 Å². The van der Waals surface area contributed by atoms with Gasteiger partial charge in [0.15, 0.2) is 0 Å². The van der Waals surface area contributed by atoms with E-state index in [1.165, 1.54) is 12.4 Å². The Kier molecular flexibility index (Phi) is 5.81. The highest BCUT2D eigenvalue weighted by Gasteiger charge is 2.11. The predicted molar refractivity (Wildman–Crippen MR) is 62.1 cm³/mol. The van der Waals surface area contributed by atoms with Crippen LogP contribution in [0.2, 0.25) is 0 Å². The van der Waals surface area contributed by atoms with Crippen LogP contribution in [0.25, 0.3) is 0 Å². The summed E-state index contributed by atoms with van der Waals surface area (Å²) in [6, 6.07) is 1.60. The van der Waals surface area contributed by atoms with Crippen molar-refractivity contribution in [2.75, 3.05) is 37.4 Å². The molecule has 1 aromatic heterocycles. The first-order valence-electron chi connectivity index (χ1n) is 4.98. The van der Waals surface area contributed by atoms with Crippen LogP contribution in [0.3, 0.4) is 0 Å². The number of hydrogen-bond acceptors (Lipinski definition) is 6. The molecule has 0 fully saturated rings. The highest BCUT2D eigenvalue weighted by atomic mass is 32.2. The van der Waals surface area contributed by atoms with Crippen molar-refractivity contribution in [3.63, 3.8) is 0 Å². The molecular formula is C9H15N3O4S. The summed E-state index contributed by atoms with van der Waals surface area (Å²) >= 11 is 0. The molecule has 0 saturated heterocycles. The van der Waals surface area contributed by atoms with Crippen LogP contribution >= 0.6 is 0 Å². The van der Waals surface area contributed by atoms with E-state index in [9.17, 15) is 8.42 Å². The molecule has 0 aliphatic heterocycles. The van der Waals surface area contributed by atoms with Gasteiger partial charge in [-0.1, -0.05) is 0 Å². The second-order valence-electron chi connectivity index (χ2n) is 3.10. The van der Waals surface area contributed by atoms with Crippen molar-refractivity contribution >= 4 is 16.0 Å². The first kappa shape index (κ1) is 13.8. The molecule has 7 nitrogen and oxygen atoms in total. The quantitative estimate of drug-likeness (QED) is 0.656. The van der Waals surface area contributed by atoms with Gasteiger partial charge in [-0.3, -0.25) is 4.72 Å². The minimum Gasteiger partial charge on any atom is -0.382 e. The van der Waals surface area contributed by atoms with Gasteiger partial charge < -0.3 is 9.47 Å². The lowest BCUT2D eigenvalue weighted by Gasteiger charge is -2.06. The smallest absolute Gasteiger partial charge is 0.237 e. The van der Waals surface area contributed by atoms with Gasteiger partial charge in [-0.2, -0.15) is 0 Å². The standard InChI is InChI=1S/C9H15N3O4S/c1-15-5-6-16-7-8-17(13,14)12-9-10-3-2-4-11-9/h2-4H,5-8H2,1H3,(H,10,11,12). The fraction of sp³-hybridized carbons (Fsp3) is 0.556. The van der Waals surface area contributed by atoms with Crippen LogP contribution < -0.4 is 4.72 Å². The van der Waals surface area contributed by atoms with Crippen molar-refractivity contribution < 1.29 is 17.9 Å². The summed E-state index contributed by atoms with van der Waals surface area (Å²) in [5, 5.41) is 0. The second kappa shape index (κ2) is 7.15. The van der Waals surface area contributed by atoms with Crippen LogP contribution in [0.1, 0.15) is 0 Å².